The van der Waals surface area contributed by atoms with E-state index in [1.807, 2.05) is 12.3 Å². The van der Waals surface area contributed by atoms with Crippen LogP contribution in [-0.2, 0) is 0 Å². The number of fused-ring (bicyclic) bond motifs is 3. The fraction of sp³-hybridized carbons (Fsp3) is 0.556. The number of carbonyl (C=O) groups excluding carboxylic acids is 1. The summed E-state index contributed by atoms with van der Waals surface area (Å²) in [4.78, 5) is 19.5. The molecule has 2 aromatic rings. The summed E-state index contributed by atoms with van der Waals surface area (Å²) in [6.07, 6.45) is 6.71. The predicted octanol–water partition coefficient (Wildman–Crippen LogP) is 2.69. The zero-order valence-electron chi connectivity index (χ0n) is 13.6. The number of rotatable bonds is 4. The number of hydrogen-bond acceptors (Lipinski definition) is 5. The third-order valence-electron chi connectivity index (χ3n) is 5.43. The number of pyridine rings is 1. The van der Waals surface area contributed by atoms with E-state index in [4.69, 9.17) is 0 Å². The van der Waals surface area contributed by atoms with E-state index in [0.29, 0.717) is 11.7 Å². The third kappa shape index (κ3) is 2.78. The molecule has 5 nitrogen and oxygen atoms in total. The molecule has 1 amide bonds. The minimum atomic E-state index is -0.0343. The Morgan fingerprint density at radius 3 is 3.00 bits per heavy atom. The van der Waals surface area contributed by atoms with E-state index in [0.717, 1.165) is 34.7 Å². The van der Waals surface area contributed by atoms with Gasteiger partial charge in [0.2, 0.25) is 0 Å². The molecular weight excluding hydrogens is 320 g/mol. The summed E-state index contributed by atoms with van der Waals surface area (Å²) in [5.74, 6) is 0.721. The number of carbonyl (C=O) groups is 1. The number of thiophene rings is 1. The van der Waals surface area contributed by atoms with Crippen molar-refractivity contribution < 1.29 is 4.79 Å². The van der Waals surface area contributed by atoms with Gasteiger partial charge in [-0.25, -0.2) is 4.98 Å². The SMILES string of the molecule is O=C(NC1CC2CCN(C2)C1)c1cc2c(NC3CC3)csc2cn1. The van der Waals surface area contributed by atoms with Gasteiger partial charge < -0.3 is 15.5 Å². The summed E-state index contributed by atoms with van der Waals surface area (Å²) in [6, 6.07) is 2.83. The molecule has 0 aromatic carbocycles. The fourth-order valence-corrected chi connectivity index (χ4v) is 4.89. The molecule has 3 atom stereocenters. The molecule has 2 bridgehead atoms. The molecule has 3 fully saturated rings. The van der Waals surface area contributed by atoms with Gasteiger partial charge in [-0.1, -0.05) is 0 Å². The van der Waals surface area contributed by atoms with E-state index in [-0.39, 0.29) is 11.9 Å². The van der Waals surface area contributed by atoms with Crippen LogP contribution in [-0.4, -0.2) is 47.5 Å². The average Bonchev–Trinajstić information content (AvgIpc) is 3.22. The van der Waals surface area contributed by atoms with Crippen molar-refractivity contribution in [1.82, 2.24) is 15.2 Å². The first-order valence-electron chi connectivity index (χ1n) is 8.91. The van der Waals surface area contributed by atoms with Crippen LogP contribution in [0, 0.1) is 5.92 Å². The molecule has 2 aromatic heterocycles. The van der Waals surface area contributed by atoms with Gasteiger partial charge in [-0.2, -0.15) is 0 Å². The van der Waals surface area contributed by atoms with Gasteiger partial charge in [-0.05, 0) is 44.2 Å². The second kappa shape index (κ2) is 5.70. The van der Waals surface area contributed by atoms with Crippen molar-refractivity contribution in [2.24, 2.45) is 5.92 Å². The normalized spacial score (nSPS) is 28.9. The molecule has 5 rings (SSSR count). The number of amides is 1. The quantitative estimate of drug-likeness (QED) is 0.897. The van der Waals surface area contributed by atoms with E-state index in [9.17, 15) is 4.79 Å². The van der Waals surface area contributed by atoms with Gasteiger partial charge in [-0.15, -0.1) is 11.3 Å². The molecule has 6 heteroatoms. The van der Waals surface area contributed by atoms with Crippen molar-refractivity contribution in [2.45, 2.75) is 37.8 Å². The van der Waals surface area contributed by atoms with Crippen LogP contribution in [0.1, 0.15) is 36.2 Å². The second-order valence-corrected chi connectivity index (χ2v) is 8.37. The highest BCUT2D eigenvalue weighted by atomic mass is 32.1. The minimum Gasteiger partial charge on any atom is -0.381 e. The Bertz CT molecular complexity index is 772. The number of nitrogens with one attached hydrogen (secondary N) is 2. The summed E-state index contributed by atoms with van der Waals surface area (Å²) < 4.78 is 1.14. The molecular formula is C18H22N4OS. The highest BCUT2D eigenvalue weighted by Crippen LogP contribution is 2.34. The lowest BCUT2D eigenvalue weighted by Crippen LogP contribution is -2.47. The van der Waals surface area contributed by atoms with Gasteiger partial charge in [0.25, 0.3) is 5.91 Å². The molecule has 1 saturated carbocycles. The van der Waals surface area contributed by atoms with Gasteiger partial charge in [0.1, 0.15) is 5.69 Å². The maximum absolute atomic E-state index is 12.6. The fourth-order valence-electron chi connectivity index (χ4n) is 4.04. The number of piperidine rings is 1. The van der Waals surface area contributed by atoms with E-state index in [2.05, 4.69) is 25.9 Å². The van der Waals surface area contributed by atoms with Crippen LogP contribution < -0.4 is 10.6 Å². The molecule has 126 valence electrons. The summed E-state index contributed by atoms with van der Waals surface area (Å²) in [5.41, 5.74) is 1.68. The third-order valence-corrected chi connectivity index (χ3v) is 6.37. The van der Waals surface area contributed by atoms with E-state index in [1.165, 1.54) is 32.4 Å². The lowest BCUT2D eigenvalue weighted by molar-refractivity contribution is 0.0904. The zero-order valence-corrected chi connectivity index (χ0v) is 14.4. The Morgan fingerprint density at radius 1 is 1.25 bits per heavy atom. The molecule has 2 N–H and O–H groups in total. The smallest absolute Gasteiger partial charge is 0.270 e. The first-order chi connectivity index (χ1) is 11.7. The van der Waals surface area contributed by atoms with Crippen LogP contribution in [0.15, 0.2) is 17.6 Å². The molecule has 0 radical (unpaired) electrons. The maximum Gasteiger partial charge on any atom is 0.270 e. The van der Waals surface area contributed by atoms with Gasteiger partial charge in [0.15, 0.2) is 0 Å². The molecule has 4 heterocycles. The zero-order chi connectivity index (χ0) is 16.1. The molecule has 3 aliphatic rings. The maximum atomic E-state index is 12.6. The van der Waals surface area contributed by atoms with Gasteiger partial charge in [0.05, 0.1) is 10.4 Å². The summed E-state index contributed by atoms with van der Waals surface area (Å²) in [6.45, 7) is 3.38. The van der Waals surface area contributed by atoms with E-state index < -0.39 is 0 Å². The summed E-state index contributed by atoms with van der Waals surface area (Å²) in [5, 5.41) is 10.0. The van der Waals surface area contributed by atoms with Gasteiger partial charge in [0, 0.05) is 42.1 Å². The number of hydrogen-bond donors (Lipinski definition) is 2. The largest absolute Gasteiger partial charge is 0.381 e. The van der Waals surface area contributed by atoms with Crippen LogP contribution in [0.4, 0.5) is 5.69 Å². The van der Waals surface area contributed by atoms with Crippen molar-refractivity contribution in [1.29, 1.82) is 0 Å². The summed E-state index contributed by atoms with van der Waals surface area (Å²) >= 11 is 1.69. The number of aromatic nitrogens is 1. The highest BCUT2D eigenvalue weighted by molar-refractivity contribution is 7.17. The van der Waals surface area contributed by atoms with Crippen LogP contribution in [0.5, 0.6) is 0 Å². The Hall–Kier alpha value is -1.66. The van der Waals surface area contributed by atoms with Crippen LogP contribution in [0.2, 0.25) is 0 Å². The first-order valence-corrected chi connectivity index (χ1v) is 9.79. The standard InChI is InChI=1S/C18H22N4OS/c23-18(21-13-5-11-3-4-22(8-11)9-13)15-6-14-16(20-12-1-2-12)10-24-17(14)7-19-15/h6-7,10-13,20H,1-5,8-9H2,(H,21,23). The van der Waals surface area contributed by atoms with Crippen molar-refractivity contribution >= 4 is 33.0 Å². The van der Waals surface area contributed by atoms with E-state index in [1.54, 1.807) is 11.3 Å². The highest BCUT2D eigenvalue weighted by Gasteiger charge is 2.33. The lowest BCUT2D eigenvalue weighted by Gasteiger charge is -2.30. The monoisotopic (exact) mass is 342 g/mol. The molecule has 2 saturated heterocycles. The average molecular weight is 342 g/mol. The molecule has 24 heavy (non-hydrogen) atoms. The van der Waals surface area contributed by atoms with Crippen molar-refractivity contribution in [3.05, 3.63) is 23.3 Å². The molecule has 2 aliphatic heterocycles. The van der Waals surface area contributed by atoms with Gasteiger partial charge in [-0.3, -0.25) is 4.79 Å². The Morgan fingerprint density at radius 2 is 2.17 bits per heavy atom. The number of anilines is 1. The molecule has 0 spiro atoms. The Kier molecular flexibility index (Phi) is 3.49. The van der Waals surface area contributed by atoms with E-state index >= 15 is 0 Å². The first kappa shape index (κ1) is 14.7. The van der Waals surface area contributed by atoms with Crippen LogP contribution >= 0.6 is 11.3 Å². The minimum absolute atomic E-state index is 0.0343. The van der Waals surface area contributed by atoms with Gasteiger partial charge >= 0.3 is 0 Å². The second-order valence-electron chi connectivity index (χ2n) is 7.45. The Balaban J connectivity index is 1.34. The van der Waals surface area contributed by atoms with Crippen LogP contribution in [0.25, 0.3) is 10.1 Å². The topological polar surface area (TPSA) is 57.3 Å². The lowest BCUT2D eigenvalue weighted by atomic mass is 9.97. The molecule has 3 unspecified atom stereocenters. The van der Waals surface area contributed by atoms with Crippen LogP contribution in [0.3, 0.4) is 0 Å². The molecule has 1 aliphatic carbocycles. The van der Waals surface area contributed by atoms with Crippen molar-refractivity contribution in [3.63, 3.8) is 0 Å². The van der Waals surface area contributed by atoms with Crippen molar-refractivity contribution in [3.8, 4) is 0 Å². The Labute approximate surface area is 145 Å². The summed E-state index contributed by atoms with van der Waals surface area (Å²) in [7, 11) is 0. The number of nitrogens with zero attached hydrogens (tertiary/aromatic N) is 2. The van der Waals surface area contributed by atoms with Crippen molar-refractivity contribution in [2.75, 3.05) is 25.0 Å². The predicted molar refractivity (Wildman–Crippen MR) is 96.7 cm³/mol.